The number of aromatic amines is 1. The molecule has 82 valence electrons. The minimum Gasteiger partial charge on any atom is -0.296 e. The van der Waals surface area contributed by atoms with E-state index in [2.05, 4.69) is 14.7 Å². The van der Waals surface area contributed by atoms with E-state index in [4.69, 9.17) is 0 Å². The SMILES string of the molecule is Cc1cccc(-c2noc(=O)[nH]2)c1[N+](=O)[O-]. The first-order chi connectivity index (χ1) is 7.59. The zero-order chi connectivity index (χ0) is 11.7. The van der Waals surface area contributed by atoms with Gasteiger partial charge in [0, 0.05) is 5.56 Å². The van der Waals surface area contributed by atoms with Gasteiger partial charge in [-0.1, -0.05) is 17.3 Å². The first-order valence-corrected chi connectivity index (χ1v) is 4.40. The van der Waals surface area contributed by atoms with Crippen molar-refractivity contribution in [2.75, 3.05) is 0 Å². The molecule has 1 heterocycles. The molecule has 0 bridgehead atoms. The summed E-state index contributed by atoms with van der Waals surface area (Å²) in [5.74, 6) is -0.689. The predicted molar refractivity (Wildman–Crippen MR) is 54.0 cm³/mol. The van der Waals surface area contributed by atoms with Gasteiger partial charge in [0.05, 0.1) is 10.5 Å². The first kappa shape index (κ1) is 10.1. The van der Waals surface area contributed by atoms with Crippen molar-refractivity contribution in [1.29, 1.82) is 0 Å². The van der Waals surface area contributed by atoms with Crippen LogP contribution in [0.25, 0.3) is 11.4 Å². The van der Waals surface area contributed by atoms with Crippen LogP contribution in [0.2, 0.25) is 0 Å². The lowest BCUT2D eigenvalue weighted by molar-refractivity contribution is -0.384. The quantitative estimate of drug-likeness (QED) is 0.607. The number of nitrogens with one attached hydrogen (secondary N) is 1. The fourth-order valence-electron chi connectivity index (χ4n) is 1.44. The molecule has 1 aromatic heterocycles. The highest BCUT2D eigenvalue weighted by molar-refractivity contribution is 5.69. The average Bonchev–Trinajstić information content (AvgIpc) is 2.63. The molecule has 0 unspecified atom stereocenters. The number of aryl methyl sites for hydroxylation is 1. The van der Waals surface area contributed by atoms with Crippen LogP contribution in [0, 0.1) is 17.0 Å². The molecule has 0 fully saturated rings. The second-order valence-electron chi connectivity index (χ2n) is 3.17. The molecule has 7 heteroatoms. The molecule has 0 atom stereocenters. The molecule has 16 heavy (non-hydrogen) atoms. The Hall–Kier alpha value is -2.44. The van der Waals surface area contributed by atoms with Crippen LogP contribution in [0.4, 0.5) is 5.69 Å². The lowest BCUT2D eigenvalue weighted by Crippen LogP contribution is -1.98. The van der Waals surface area contributed by atoms with Crippen LogP contribution in [0.3, 0.4) is 0 Å². The Morgan fingerprint density at radius 3 is 2.81 bits per heavy atom. The second kappa shape index (κ2) is 3.61. The number of H-pyrrole nitrogens is 1. The van der Waals surface area contributed by atoms with Crippen molar-refractivity contribution >= 4 is 5.69 Å². The Morgan fingerprint density at radius 2 is 2.25 bits per heavy atom. The first-order valence-electron chi connectivity index (χ1n) is 4.40. The molecule has 0 aliphatic rings. The zero-order valence-corrected chi connectivity index (χ0v) is 8.26. The molecule has 0 radical (unpaired) electrons. The van der Waals surface area contributed by atoms with Crippen LogP contribution >= 0.6 is 0 Å². The molecular formula is C9H7N3O4. The molecule has 0 amide bonds. The third-order valence-electron chi connectivity index (χ3n) is 2.12. The average molecular weight is 221 g/mol. The summed E-state index contributed by atoms with van der Waals surface area (Å²) in [7, 11) is 0. The van der Waals surface area contributed by atoms with E-state index in [1.54, 1.807) is 19.1 Å². The monoisotopic (exact) mass is 221 g/mol. The number of hydrogen-bond donors (Lipinski definition) is 1. The van der Waals surface area contributed by atoms with E-state index in [1.165, 1.54) is 6.07 Å². The van der Waals surface area contributed by atoms with Gasteiger partial charge >= 0.3 is 5.76 Å². The van der Waals surface area contributed by atoms with Gasteiger partial charge < -0.3 is 0 Å². The summed E-state index contributed by atoms with van der Waals surface area (Å²) in [4.78, 5) is 23.4. The van der Waals surface area contributed by atoms with Crippen LogP contribution in [0.1, 0.15) is 5.56 Å². The van der Waals surface area contributed by atoms with Crippen molar-refractivity contribution in [1.82, 2.24) is 10.1 Å². The molecule has 2 aromatic rings. The summed E-state index contributed by atoms with van der Waals surface area (Å²) in [6.45, 7) is 1.61. The Balaban J connectivity index is 2.69. The number of benzene rings is 1. The van der Waals surface area contributed by atoms with E-state index in [1.807, 2.05) is 0 Å². The molecule has 0 saturated carbocycles. The van der Waals surface area contributed by atoms with Gasteiger partial charge in [-0.05, 0) is 13.0 Å². The van der Waals surface area contributed by atoms with Gasteiger partial charge in [0.15, 0.2) is 5.82 Å². The van der Waals surface area contributed by atoms with Crippen molar-refractivity contribution < 1.29 is 9.45 Å². The summed E-state index contributed by atoms with van der Waals surface area (Å²) in [6, 6.07) is 4.75. The van der Waals surface area contributed by atoms with Gasteiger partial charge in [0.2, 0.25) is 0 Å². The number of hydrogen-bond acceptors (Lipinski definition) is 5. The Kier molecular flexibility index (Phi) is 2.28. The minimum atomic E-state index is -0.745. The van der Waals surface area contributed by atoms with E-state index in [-0.39, 0.29) is 17.1 Å². The highest BCUT2D eigenvalue weighted by Gasteiger charge is 2.20. The standard InChI is InChI=1S/C9H7N3O4/c1-5-3-2-4-6(7(5)12(14)15)8-10-9(13)16-11-8/h2-4H,1H3,(H,10,11,13). The second-order valence-corrected chi connectivity index (χ2v) is 3.17. The summed E-state index contributed by atoms with van der Waals surface area (Å²) in [5, 5.41) is 14.3. The fraction of sp³-hybridized carbons (Fsp3) is 0.111. The van der Waals surface area contributed by atoms with E-state index in [0.29, 0.717) is 5.56 Å². The lowest BCUT2D eigenvalue weighted by atomic mass is 10.1. The molecule has 1 N–H and O–H groups in total. The highest BCUT2D eigenvalue weighted by atomic mass is 16.6. The number of para-hydroxylation sites is 1. The fourth-order valence-corrected chi connectivity index (χ4v) is 1.44. The van der Waals surface area contributed by atoms with E-state index < -0.39 is 10.7 Å². The number of nitrogens with zero attached hydrogens (tertiary/aromatic N) is 2. The van der Waals surface area contributed by atoms with Crippen LogP contribution in [-0.2, 0) is 0 Å². The van der Waals surface area contributed by atoms with Gasteiger partial charge in [-0.2, -0.15) is 0 Å². The van der Waals surface area contributed by atoms with Crippen LogP contribution < -0.4 is 5.76 Å². The third kappa shape index (κ3) is 1.58. The van der Waals surface area contributed by atoms with Crippen molar-refractivity contribution in [3.63, 3.8) is 0 Å². The van der Waals surface area contributed by atoms with Gasteiger partial charge in [-0.3, -0.25) is 19.6 Å². The van der Waals surface area contributed by atoms with Crippen LogP contribution in [-0.4, -0.2) is 15.1 Å². The van der Waals surface area contributed by atoms with Crippen LogP contribution in [0.5, 0.6) is 0 Å². The topological polar surface area (TPSA) is 102 Å². The van der Waals surface area contributed by atoms with Crippen LogP contribution in [0.15, 0.2) is 27.5 Å². The number of nitro groups is 1. The third-order valence-corrected chi connectivity index (χ3v) is 2.12. The Morgan fingerprint density at radius 1 is 1.50 bits per heavy atom. The Bertz CT molecular complexity index is 599. The van der Waals surface area contributed by atoms with Gasteiger partial charge in [0.1, 0.15) is 0 Å². The Labute approximate surface area is 88.9 Å². The van der Waals surface area contributed by atoms with E-state index in [0.717, 1.165) is 0 Å². The molecule has 0 aliphatic carbocycles. The molecule has 2 rings (SSSR count). The largest absolute Gasteiger partial charge is 0.439 e. The smallest absolute Gasteiger partial charge is 0.296 e. The number of nitro benzene ring substituents is 1. The van der Waals surface area contributed by atoms with Gasteiger partial charge in [-0.25, -0.2) is 4.79 Å². The predicted octanol–water partition coefficient (Wildman–Crippen LogP) is 1.25. The van der Waals surface area contributed by atoms with Crippen molar-refractivity contribution in [2.24, 2.45) is 0 Å². The number of aromatic nitrogens is 2. The lowest BCUT2D eigenvalue weighted by Gasteiger charge is -2.00. The molecule has 0 aliphatic heterocycles. The maximum atomic E-state index is 10.9. The molecule has 0 spiro atoms. The maximum Gasteiger partial charge on any atom is 0.439 e. The summed E-state index contributed by atoms with van der Waals surface area (Å²) in [6.07, 6.45) is 0. The zero-order valence-electron chi connectivity index (χ0n) is 8.26. The normalized spacial score (nSPS) is 10.3. The van der Waals surface area contributed by atoms with E-state index in [9.17, 15) is 14.9 Å². The molecular weight excluding hydrogens is 214 g/mol. The summed E-state index contributed by atoms with van der Waals surface area (Å²) >= 11 is 0. The van der Waals surface area contributed by atoms with Crippen molar-refractivity contribution in [2.45, 2.75) is 6.92 Å². The number of rotatable bonds is 2. The van der Waals surface area contributed by atoms with Gasteiger partial charge in [0.25, 0.3) is 5.69 Å². The van der Waals surface area contributed by atoms with Crippen molar-refractivity contribution in [3.8, 4) is 11.4 Å². The molecule has 0 saturated heterocycles. The molecule has 7 nitrogen and oxygen atoms in total. The van der Waals surface area contributed by atoms with Gasteiger partial charge in [-0.15, -0.1) is 0 Å². The molecule has 1 aromatic carbocycles. The minimum absolute atomic E-state index is 0.0559. The summed E-state index contributed by atoms with van der Waals surface area (Å²) < 4.78 is 4.31. The highest BCUT2D eigenvalue weighted by Crippen LogP contribution is 2.29. The summed E-state index contributed by atoms with van der Waals surface area (Å²) in [5.41, 5.74) is 0.634. The van der Waals surface area contributed by atoms with E-state index >= 15 is 0 Å². The maximum absolute atomic E-state index is 10.9. The van der Waals surface area contributed by atoms with Crippen molar-refractivity contribution in [3.05, 3.63) is 44.4 Å².